The molecule has 2 fully saturated rings. The Kier molecular flexibility index (Phi) is 7.09. The van der Waals surface area contributed by atoms with Crippen molar-refractivity contribution in [3.05, 3.63) is 42.0 Å². The standard InChI is InChI=1S/C24H32N4O4/c1-3-25-24(27-15-16-4-8-19(9-5-16)32-13-12-31-2)26-10-11-28-22(29)20-17-6-7-18(14-17)21(20)23(28)30/h4-9,17-18,20-21H,3,10-15H2,1-2H3,(H2,25,26,27). The van der Waals surface area contributed by atoms with E-state index in [1.54, 1.807) is 7.11 Å². The minimum Gasteiger partial charge on any atom is -0.491 e. The molecule has 3 aliphatic rings. The van der Waals surface area contributed by atoms with E-state index < -0.39 is 0 Å². The lowest BCUT2D eigenvalue weighted by atomic mass is 9.85. The van der Waals surface area contributed by atoms with E-state index in [2.05, 4.69) is 27.8 Å². The normalized spacial score (nSPS) is 26.1. The number of fused-ring (bicyclic) bond motifs is 5. The fourth-order valence-electron chi connectivity index (χ4n) is 4.92. The van der Waals surface area contributed by atoms with Gasteiger partial charge in [-0.2, -0.15) is 0 Å². The molecule has 4 unspecified atom stereocenters. The highest BCUT2D eigenvalue weighted by Gasteiger charge is 2.58. The van der Waals surface area contributed by atoms with Gasteiger partial charge in [0.1, 0.15) is 12.4 Å². The molecule has 0 radical (unpaired) electrons. The molecule has 172 valence electrons. The first-order valence-electron chi connectivity index (χ1n) is 11.4. The molecule has 32 heavy (non-hydrogen) atoms. The number of aliphatic imine (C=N–C) groups is 1. The van der Waals surface area contributed by atoms with Crippen LogP contribution in [0.25, 0.3) is 0 Å². The Labute approximate surface area is 189 Å². The molecular weight excluding hydrogens is 408 g/mol. The number of guanidine groups is 1. The number of nitrogens with one attached hydrogen (secondary N) is 2. The molecular formula is C24H32N4O4. The average Bonchev–Trinajstić information content (AvgIpc) is 3.48. The zero-order chi connectivity index (χ0) is 22.5. The molecule has 2 bridgehead atoms. The largest absolute Gasteiger partial charge is 0.491 e. The van der Waals surface area contributed by atoms with Crippen LogP contribution in [0, 0.1) is 23.7 Å². The first-order valence-corrected chi connectivity index (χ1v) is 11.4. The molecule has 2 aliphatic carbocycles. The lowest BCUT2D eigenvalue weighted by Crippen LogP contribution is -2.43. The maximum Gasteiger partial charge on any atom is 0.233 e. The fourth-order valence-corrected chi connectivity index (χ4v) is 4.92. The molecule has 1 saturated carbocycles. The summed E-state index contributed by atoms with van der Waals surface area (Å²) in [5, 5.41) is 6.46. The third kappa shape index (κ3) is 4.65. The smallest absolute Gasteiger partial charge is 0.233 e. The number of allylic oxidation sites excluding steroid dienone is 2. The van der Waals surface area contributed by atoms with Gasteiger partial charge in [0.2, 0.25) is 11.8 Å². The topological polar surface area (TPSA) is 92.3 Å². The number of carbonyl (C=O) groups excluding carboxylic acids is 2. The lowest BCUT2D eigenvalue weighted by Gasteiger charge is -2.18. The lowest BCUT2D eigenvalue weighted by molar-refractivity contribution is -0.140. The highest BCUT2D eigenvalue weighted by atomic mass is 16.5. The summed E-state index contributed by atoms with van der Waals surface area (Å²) in [6.45, 7) is 5.13. The summed E-state index contributed by atoms with van der Waals surface area (Å²) in [7, 11) is 1.65. The highest BCUT2D eigenvalue weighted by Crippen LogP contribution is 2.52. The molecule has 2 N–H and O–H groups in total. The molecule has 2 amide bonds. The maximum atomic E-state index is 12.8. The third-order valence-electron chi connectivity index (χ3n) is 6.43. The van der Waals surface area contributed by atoms with Gasteiger partial charge in [-0.1, -0.05) is 24.3 Å². The monoisotopic (exact) mass is 440 g/mol. The SMILES string of the molecule is CCNC(=NCc1ccc(OCCOC)cc1)NCCN1C(=O)C2C3C=CC(C3)C2C1=O. The van der Waals surface area contributed by atoms with Crippen LogP contribution in [0.4, 0.5) is 0 Å². The summed E-state index contributed by atoms with van der Waals surface area (Å²) in [5.41, 5.74) is 1.06. The van der Waals surface area contributed by atoms with Crippen LogP contribution in [0.1, 0.15) is 18.9 Å². The van der Waals surface area contributed by atoms with Gasteiger partial charge in [0.25, 0.3) is 0 Å². The predicted molar refractivity (Wildman–Crippen MR) is 121 cm³/mol. The first kappa shape index (κ1) is 22.3. The number of amides is 2. The Balaban J connectivity index is 1.27. The van der Waals surface area contributed by atoms with Gasteiger partial charge in [0.15, 0.2) is 5.96 Å². The fraction of sp³-hybridized carbons (Fsp3) is 0.542. The number of nitrogens with zero attached hydrogens (tertiary/aromatic N) is 2. The number of methoxy groups -OCH3 is 1. The Morgan fingerprint density at radius 3 is 2.38 bits per heavy atom. The molecule has 4 rings (SSSR count). The summed E-state index contributed by atoms with van der Waals surface area (Å²) in [6.07, 6.45) is 5.19. The maximum absolute atomic E-state index is 12.8. The molecule has 1 aliphatic heterocycles. The average molecular weight is 441 g/mol. The van der Waals surface area contributed by atoms with Crippen molar-refractivity contribution in [1.29, 1.82) is 0 Å². The highest BCUT2D eigenvalue weighted by molar-refractivity contribution is 6.06. The Morgan fingerprint density at radius 1 is 1.06 bits per heavy atom. The van der Waals surface area contributed by atoms with Gasteiger partial charge in [-0.05, 0) is 42.9 Å². The second-order valence-corrected chi connectivity index (χ2v) is 8.44. The van der Waals surface area contributed by atoms with Crippen molar-refractivity contribution in [3.63, 3.8) is 0 Å². The van der Waals surface area contributed by atoms with E-state index in [1.807, 2.05) is 31.2 Å². The third-order valence-corrected chi connectivity index (χ3v) is 6.43. The summed E-state index contributed by atoms with van der Waals surface area (Å²) in [4.78, 5) is 31.6. The van der Waals surface area contributed by atoms with Crippen molar-refractivity contribution in [2.45, 2.75) is 19.9 Å². The van der Waals surface area contributed by atoms with Crippen LogP contribution >= 0.6 is 0 Å². The van der Waals surface area contributed by atoms with Crippen molar-refractivity contribution in [2.24, 2.45) is 28.7 Å². The Morgan fingerprint density at radius 2 is 1.75 bits per heavy atom. The van der Waals surface area contributed by atoms with Crippen LogP contribution in [-0.4, -0.2) is 62.6 Å². The van der Waals surface area contributed by atoms with Crippen LogP contribution in [0.5, 0.6) is 5.75 Å². The second-order valence-electron chi connectivity index (χ2n) is 8.44. The van der Waals surface area contributed by atoms with Gasteiger partial charge in [0, 0.05) is 26.7 Å². The van der Waals surface area contributed by atoms with E-state index in [0.717, 1.165) is 24.3 Å². The predicted octanol–water partition coefficient (Wildman–Crippen LogP) is 1.57. The van der Waals surface area contributed by atoms with Crippen LogP contribution in [0.2, 0.25) is 0 Å². The van der Waals surface area contributed by atoms with Gasteiger partial charge >= 0.3 is 0 Å². The number of hydrogen-bond donors (Lipinski definition) is 2. The molecule has 1 heterocycles. The van der Waals surface area contributed by atoms with Crippen LogP contribution in [0.15, 0.2) is 41.4 Å². The van der Waals surface area contributed by atoms with Gasteiger partial charge in [0.05, 0.1) is 25.0 Å². The zero-order valence-electron chi connectivity index (χ0n) is 18.8. The van der Waals surface area contributed by atoms with E-state index in [1.165, 1.54) is 4.90 Å². The van der Waals surface area contributed by atoms with E-state index in [4.69, 9.17) is 9.47 Å². The molecule has 4 atom stereocenters. The van der Waals surface area contributed by atoms with Crippen LogP contribution < -0.4 is 15.4 Å². The molecule has 0 spiro atoms. The summed E-state index contributed by atoms with van der Waals surface area (Å²) < 4.78 is 10.6. The number of hydrogen-bond acceptors (Lipinski definition) is 5. The van der Waals surface area contributed by atoms with Crippen molar-refractivity contribution < 1.29 is 19.1 Å². The van der Waals surface area contributed by atoms with E-state index in [-0.39, 0.29) is 35.5 Å². The quantitative estimate of drug-likeness (QED) is 0.189. The van der Waals surface area contributed by atoms with Gasteiger partial charge in [-0.3, -0.25) is 14.5 Å². The number of benzene rings is 1. The van der Waals surface area contributed by atoms with Gasteiger partial charge in [-0.25, -0.2) is 4.99 Å². The molecule has 1 aromatic rings. The van der Waals surface area contributed by atoms with Crippen LogP contribution in [-0.2, 0) is 20.9 Å². The summed E-state index contributed by atoms with van der Waals surface area (Å²) in [6, 6.07) is 7.81. The number of likely N-dealkylation sites (tertiary alicyclic amines) is 1. The number of rotatable bonds is 10. The molecule has 1 aromatic carbocycles. The van der Waals surface area contributed by atoms with Gasteiger partial charge in [-0.15, -0.1) is 0 Å². The number of imide groups is 1. The van der Waals surface area contributed by atoms with Crippen molar-refractivity contribution in [1.82, 2.24) is 15.5 Å². The molecule has 0 aromatic heterocycles. The van der Waals surface area contributed by atoms with Gasteiger partial charge < -0.3 is 20.1 Å². The minimum atomic E-state index is -0.138. The molecule has 8 heteroatoms. The zero-order valence-corrected chi connectivity index (χ0v) is 18.8. The Hall–Kier alpha value is -2.87. The number of ether oxygens (including phenoxy) is 2. The van der Waals surface area contributed by atoms with Crippen molar-refractivity contribution in [3.8, 4) is 5.75 Å². The van der Waals surface area contributed by atoms with Crippen LogP contribution in [0.3, 0.4) is 0 Å². The van der Waals surface area contributed by atoms with Crippen molar-refractivity contribution in [2.75, 3.05) is 40.0 Å². The summed E-state index contributed by atoms with van der Waals surface area (Å²) in [5.74, 6) is 1.66. The van der Waals surface area contributed by atoms with E-state index >= 15 is 0 Å². The second kappa shape index (κ2) is 10.2. The Bertz CT molecular complexity index is 852. The van der Waals surface area contributed by atoms with E-state index in [9.17, 15) is 9.59 Å². The molecule has 8 nitrogen and oxygen atoms in total. The van der Waals surface area contributed by atoms with Crippen molar-refractivity contribution >= 4 is 17.8 Å². The minimum absolute atomic E-state index is 0.00611. The summed E-state index contributed by atoms with van der Waals surface area (Å²) >= 11 is 0. The number of carbonyl (C=O) groups is 2. The van der Waals surface area contributed by atoms with E-state index in [0.29, 0.717) is 38.8 Å². The molecule has 1 saturated heterocycles. The first-order chi connectivity index (χ1) is 15.6.